The van der Waals surface area contributed by atoms with E-state index in [1.807, 2.05) is 28.4 Å². The molecule has 7 nitrogen and oxygen atoms in total. The predicted molar refractivity (Wildman–Crippen MR) is 120 cm³/mol. The van der Waals surface area contributed by atoms with Crippen molar-refractivity contribution in [3.63, 3.8) is 0 Å². The smallest absolute Gasteiger partial charge is 0.257 e. The van der Waals surface area contributed by atoms with Crippen LogP contribution < -0.4 is 10.1 Å². The molecule has 164 valence electrons. The van der Waals surface area contributed by atoms with E-state index in [2.05, 4.69) is 32.7 Å². The first-order chi connectivity index (χ1) is 15.7. The molecule has 0 spiro atoms. The van der Waals surface area contributed by atoms with E-state index in [4.69, 9.17) is 4.74 Å². The van der Waals surface area contributed by atoms with E-state index in [0.717, 1.165) is 31.6 Å². The van der Waals surface area contributed by atoms with Gasteiger partial charge in [0.2, 0.25) is 0 Å². The van der Waals surface area contributed by atoms with Gasteiger partial charge in [-0.2, -0.15) is 0 Å². The minimum atomic E-state index is -0.455. The number of halogens is 1. The number of ether oxygens (including phenoxy) is 1. The number of aromatic nitrogens is 4. The molecule has 1 N–H and O–H groups in total. The molecule has 0 aliphatic rings. The van der Waals surface area contributed by atoms with Crippen molar-refractivity contribution >= 4 is 22.4 Å². The van der Waals surface area contributed by atoms with Gasteiger partial charge in [-0.3, -0.25) is 14.8 Å². The fourth-order valence-electron chi connectivity index (χ4n) is 3.09. The van der Waals surface area contributed by atoms with Crippen molar-refractivity contribution in [1.29, 1.82) is 0 Å². The van der Waals surface area contributed by atoms with Crippen molar-refractivity contribution in [2.75, 3.05) is 5.32 Å². The first-order valence-electron chi connectivity index (χ1n) is 10.2. The zero-order valence-corrected chi connectivity index (χ0v) is 18.1. The summed E-state index contributed by atoms with van der Waals surface area (Å²) in [7, 11) is 0. The van der Waals surface area contributed by atoms with Crippen LogP contribution in [0.1, 0.15) is 34.5 Å². The molecule has 1 amide bonds. The van der Waals surface area contributed by atoms with E-state index >= 15 is 0 Å². The van der Waals surface area contributed by atoms with E-state index in [1.54, 1.807) is 12.3 Å². The molecule has 0 bridgehead atoms. The van der Waals surface area contributed by atoms with Crippen molar-refractivity contribution < 1.29 is 13.9 Å². The van der Waals surface area contributed by atoms with Crippen LogP contribution in [0.4, 0.5) is 9.52 Å². The molecule has 2 heterocycles. The van der Waals surface area contributed by atoms with Crippen molar-refractivity contribution in [3.05, 3.63) is 88.9 Å². The maximum Gasteiger partial charge on any atom is 0.257 e. The molecule has 0 saturated carbocycles. The second kappa shape index (κ2) is 10.6. The molecule has 0 fully saturated rings. The number of nitrogens with zero attached hydrogens (tertiary/aromatic N) is 4. The number of carbonyl (C=O) groups excluding carboxylic acids is 1. The number of thiazole rings is 1. The van der Waals surface area contributed by atoms with Crippen LogP contribution in [0.3, 0.4) is 0 Å². The lowest BCUT2D eigenvalue weighted by Gasteiger charge is -2.06. The molecule has 4 aromatic rings. The number of benzene rings is 2. The molecule has 2 aromatic heterocycles. The summed E-state index contributed by atoms with van der Waals surface area (Å²) in [6, 6.07) is 13.6. The minimum absolute atomic E-state index is 0.247. The molecule has 0 aliphatic heterocycles. The molecule has 4 rings (SSSR count). The van der Waals surface area contributed by atoms with Crippen LogP contribution in [0, 0.1) is 5.82 Å². The average Bonchev–Trinajstić information content (AvgIpc) is 3.48. The molecule has 32 heavy (non-hydrogen) atoms. The average molecular weight is 452 g/mol. The van der Waals surface area contributed by atoms with Gasteiger partial charge < -0.3 is 4.74 Å². The first-order valence-corrected chi connectivity index (χ1v) is 11.1. The Morgan fingerprint density at radius 3 is 2.81 bits per heavy atom. The molecule has 9 heteroatoms. The van der Waals surface area contributed by atoms with Crippen molar-refractivity contribution in [2.24, 2.45) is 0 Å². The largest absolute Gasteiger partial charge is 0.487 e. The lowest BCUT2D eigenvalue weighted by atomic mass is 10.1. The Morgan fingerprint density at radius 1 is 1.16 bits per heavy atom. The van der Waals surface area contributed by atoms with Crippen LogP contribution in [0.15, 0.2) is 66.3 Å². The highest BCUT2D eigenvalue weighted by Crippen LogP contribution is 2.20. The van der Waals surface area contributed by atoms with Crippen LogP contribution >= 0.6 is 11.3 Å². The third-order valence-electron chi connectivity index (χ3n) is 4.74. The number of amides is 1. The standard InChI is InChI=1S/C23H22FN5O2S/c24-19-6-3-5-18(14-19)22(30)27-23-26-20(16-32-23)15-31-21-9-7-17(8-10-21)4-1-2-12-29-13-11-25-28-29/h3,5-11,13-14,16H,1-2,4,12,15H2,(H,26,27,30). The highest BCUT2D eigenvalue weighted by atomic mass is 32.1. The quantitative estimate of drug-likeness (QED) is 0.353. The van der Waals surface area contributed by atoms with E-state index in [-0.39, 0.29) is 5.56 Å². The van der Waals surface area contributed by atoms with Crippen LogP contribution in [-0.2, 0) is 19.6 Å². The van der Waals surface area contributed by atoms with Gasteiger partial charge in [0, 0.05) is 23.7 Å². The van der Waals surface area contributed by atoms with Crippen LogP contribution in [-0.4, -0.2) is 25.9 Å². The summed E-state index contributed by atoms with van der Waals surface area (Å²) in [5, 5.41) is 12.7. The summed E-state index contributed by atoms with van der Waals surface area (Å²) in [6.45, 7) is 1.17. The third-order valence-corrected chi connectivity index (χ3v) is 5.55. The monoisotopic (exact) mass is 451 g/mol. The summed E-state index contributed by atoms with van der Waals surface area (Å²) in [4.78, 5) is 16.5. The van der Waals surface area contributed by atoms with Gasteiger partial charge in [0.1, 0.15) is 18.2 Å². The Morgan fingerprint density at radius 2 is 2.03 bits per heavy atom. The molecular weight excluding hydrogens is 429 g/mol. The molecule has 2 aromatic carbocycles. The normalized spacial score (nSPS) is 10.8. The lowest BCUT2D eigenvalue weighted by Crippen LogP contribution is -2.12. The van der Waals surface area contributed by atoms with Gasteiger partial charge in [-0.1, -0.05) is 23.4 Å². The van der Waals surface area contributed by atoms with Gasteiger partial charge in [-0.25, -0.2) is 9.37 Å². The first kappa shape index (κ1) is 21.6. The maximum absolute atomic E-state index is 13.3. The van der Waals surface area contributed by atoms with Crippen molar-refractivity contribution in [1.82, 2.24) is 20.0 Å². The van der Waals surface area contributed by atoms with Crippen molar-refractivity contribution in [2.45, 2.75) is 32.4 Å². The summed E-state index contributed by atoms with van der Waals surface area (Å²) < 4.78 is 20.9. The maximum atomic E-state index is 13.3. The molecule has 0 radical (unpaired) electrons. The van der Waals surface area contributed by atoms with E-state index in [1.165, 1.54) is 35.1 Å². The van der Waals surface area contributed by atoms with Crippen LogP contribution in [0.25, 0.3) is 0 Å². The second-order valence-electron chi connectivity index (χ2n) is 7.16. The highest BCUT2D eigenvalue weighted by Gasteiger charge is 2.10. The predicted octanol–water partition coefficient (Wildman–Crippen LogP) is 4.73. The number of carbonyl (C=O) groups is 1. The molecule has 0 saturated heterocycles. The van der Waals surface area contributed by atoms with E-state index < -0.39 is 11.7 Å². The zero-order valence-electron chi connectivity index (χ0n) is 17.3. The van der Waals surface area contributed by atoms with Crippen LogP contribution in [0.2, 0.25) is 0 Å². The number of hydrogen-bond acceptors (Lipinski definition) is 6. The summed E-state index contributed by atoms with van der Waals surface area (Å²) in [6.07, 6.45) is 6.67. The summed E-state index contributed by atoms with van der Waals surface area (Å²) >= 11 is 1.30. The SMILES string of the molecule is O=C(Nc1nc(COc2ccc(CCCCn3ccnn3)cc2)cs1)c1cccc(F)c1. The van der Waals surface area contributed by atoms with Gasteiger partial charge in [0.05, 0.1) is 11.9 Å². The topological polar surface area (TPSA) is 81.9 Å². The molecule has 0 aliphatic carbocycles. The number of anilines is 1. The van der Waals surface area contributed by atoms with Gasteiger partial charge in [-0.05, 0) is 55.2 Å². The molecule has 0 atom stereocenters. The minimum Gasteiger partial charge on any atom is -0.487 e. The highest BCUT2D eigenvalue weighted by molar-refractivity contribution is 7.13. The number of hydrogen-bond donors (Lipinski definition) is 1. The Kier molecular flexibility index (Phi) is 7.19. The number of nitrogens with one attached hydrogen (secondary N) is 1. The Bertz CT molecular complexity index is 1150. The van der Waals surface area contributed by atoms with Crippen molar-refractivity contribution in [3.8, 4) is 5.75 Å². The zero-order chi connectivity index (χ0) is 22.2. The molecule has 0 unspecified atom stereocenters. The Balaban J connectivity index is 1.21. The Hall–Kier alpha value is -3.59. The number of aryl methyl sites for hydroxylation is 2. The third kappa shape index (κ3) is 6.21. The van der Waals surface area contributed by atoms with Gasteiger partial charge in [0.25, 0.3) is 5.91 Å². The fourth-order valence-corrected chi connectivity index (χ4v) is 3.78. The summed E-state index contributed by atoms with van der Waals surface area (Å²) in [5.74, 6) is -0.0958. The second-order valence-corrected chi connectivity index (χ2v) is 8.02. The van der Waals surface area contributed by atoms with E-state index in [0.29, 0.717) is 17.4 Å². The van der Waals surface area contributed by atoms with Gasteiger partial charge in [0.15, 0.2) is 5.13 Å². The number of rotatable bonds is 10. The van der Waals surface area contributed by atoms with E-state index in [9.17, 15) is 9.18 Å². The summed E-state index contributed by atoms with van der Waals surface area (Å²) in [5.41, 5.74) is 2.21. The fraction of sp³-hybridized carbons (Fsp3) is 0.217. The van der Waals surface area contributed by atoms with Gasteiger partial charge >= 0.3 is 0 Å². The van der Waals surface area contributed by atoms with Crippen LogP contribution in [0.5, 0.6) is 5.75 Å². The lowest BCUT2D eigenvalue weighted by molar-refractivity contribution is 0.102. The molecular formula is C23H22FN5O2S. The number of unbranched alkanes of at least 4 members (excludes halogenated alkanes) is 1. The Labute approximate surface area is 188 Å². The van der Waals surface area contributed by atoms with Gasteiger partial charge in [-0.15, -0.1) is 16.4 Å².